The van der Waals surface area contributed by atoms with E-state index in [-0.39, 0.29) is 30.0 Å². The first kappa shape index (κ1) is 15.1. The van der Waals surface area contributed by atoms with Crippen LogP contribution in [0.5, 0.6) is 5.75 Å². The number of amides is 2. The molecule has 6 heteroatoms. The van der Waals surface area contributed by atoms with Crippen molar-refractivity contribution in [2.45, 2.75) is 19.4 Å². The molecule has 0 saturated carbocycles. The number of ether oxygens (including phenoxy) is 1. The SMILES string of the molecule is CCOc1ccc(N2C[C@H](NC(=O)c3ccco3)CC2=O)cc1. The number of anilines is 1. The zero-order valence-electron chi connectivity index (χ0n) is 12.8. The van der Waals surface area contributed by atoms with Crippen molar-refractivity contribution < 1.29 is 18.7 Å². The largest absolute Gasteiger partial charge is 0.494 e. The number of hydrogen-bond donors (Lipinski definition) is 1. The minimum Gasteiger partial charge on any atom is -0.494 e. The quantitative estimate of drug-likeness (QED) is 0.918. The molecule has 1 fully saturated rings. The van der Waals surface area contributed by atoms with Gasteiger partial charge in [0.25, 0.3) is 5.91 Å². The van der Waals surface area contributed by atoms with E-state index in [4.69, 9.17) is 9.15 Å². The van der Waals surface area contributed by atoms with Gasteiger partial charge in [0.1, 0.15) is 5.75 Å². The van der Waals surface area contributed by atoms with Gasteiger partial charge in [0.2, 0.25) is 5.91 Å². The lowest BCUT2D eigenvalue weighted by molar-refractivity contribution is -0.117. The highest BCUT2D eigenvalue weighted by Crippen LogP contribution is 2.24. The van der Waals surface area contributed by atoms with Crippen LogP contribution in [0, 0.1) is 0 Å². The number of benzene rings is 1. The summed E-state index contributed by atoms with van der Waals surface area (Å²) in [4.78, 5) is 25.8. The topological polar surface area (TPSA) is 71.8 Å². The first-order chi connectivity index (χ1) is 11.2. The van der Waals surface area contributed by atoms with Gasteiger partial charge in [-0.25, -0.2) is 0 Å². The Morgan fingerprint density at radius 2 is 2.13 bits per heavy atom. The smallest absolute Gasteiger partial charge is 0.287 e. The number of nitrogens with one attached hydrogen (secondary N) is 1. The average molecular weight is 314 g/mol. The molecule has 1 atom stereocenters. The molecule has 2 heterocycles. The number of carbonyl (C=O) groups is 2. The highest BCUT2D eigenvalue weighted by Gasteiger charge is 2.32. The van der Waals surface area contributed by atoms with Crippen molar-refractivity contribution in [3.63, 3.8) is 0 Å². The third-order valence-corrected chi connectivity index (χ3v) is 3.66. The fourth-order valence-electron chi connectivity index (χ4n) is 2.61. The van der Waals surface area contributed by atoms with Crippen molar-refractivity contribution in [3.05, 3.63) is 48.4 Å². The molecule has 1 aliphatic rings. The maximum absolute atomic E-state index is 12.2. The summed E-state index contributed by atoms with van der Waals surface area (Å²) in [7, 11) is 0. The summed E-state index contributed by atoms with van der Waals surface area (Å²) in [5.41, 5.74) is 0.799. The van der Waals surface area contributed by atoms with Crippen LogP contribution in [-0.2, 0) is 4.79 Å². The van der Waals surface area contributed by atoms with Crippen molar-refractivity contribution in [1.82, 2.24) is 5.32 Å². The second-order valence-corrected chi connectivity index (χ2v) is 5.28. The summed E-state index contributed by atoms with van der Waals surface area (Å²) in [5.74, 6) is 0.697. The Bertz CT molecular complexity index is 679. The number of nitrogens with zero attached hydrogens (tertiary/aromatic N) is 1. The molecule has 1 N–H and O–H groups in total. The van der Waals surface area contributed by atoms with Gasteiger partial charge in [-0.1, -0.05) is 0 Å². The highest BCUT2D eigenvalue weighted by atomic mass is 16.5. The van der Waals surface area contributed by atoms with Crippen molar-refractivity contribution in [2.75, 3.05) is 18.1 Å². The summed E-state index contributed by atoms with van der Waals surface area (Å²) in [5, 5.41) is 2.82. The van der Waals surface area contributed by atoms with E-state index >= 15 is 0 Å². The summed E-state index contributed by atoms with van der Waals surface area (Å²) in [6.07, 6.45) is 1.72. The van der Waals surface area contributed by atoms with Crippen molar-refractivity contribution in [1.29, 1.82) is 0 Å². The maximum atomic E-state index is 12.2. The Hall–Kier alpha value is -2.76. The monoisotopic (exact) mass is 314 g/mol. The van der Waals surface area contributed by atoms with E-state index in [9.17, 15) is 9.59 Å². The molecule has 1 aromatic carbocycles. The van der Waals surface area contributed by atoms with E-state index in [0.717, 1.165) is 11.4 Å². The Labute approximate surface area is 134 Å². The van der Waals surface area contributed by atoms with Gasteiger partial charge < -0.3 is 19.4 Å². The fraction of sp³-hybridized carbons (Fsp3) is 0.294. The molecule has 6 nitrogen and oxygen atoms in total. The molecular formula is C17H18N2O4. The molecular weight excluding hydrogens is 296 g/mol. The minimum absolute atomic E-state index is 0.0149. The molecule has 0 spiro atoms. The molecule has 1 aromatic heterocycles. The number of hydrogen-bond acceptors (Lipinski definition) is 4. The Kier molecular flexibility index (Phi) is 4.32. The third kappa shape index (κ3) is 3.36. The van der Waals surface area contributed by atoms with Crippen LogP contribution < -0.4 is 15.0 Å². The van der Waals surface area contributed by atoms with Gasteiger partial charge in [-0.2, -0.15) is 0 Å². The molecule has 0 aliphatic carbocycles. The zero-order chi connectivity index (χ0) is 16.2. The second-order valence-electron chi connectivity index (χ2n) is 5.28. The van der Waals surface area contributed by atoms with Crippen molar-refractivity contribution in [3.8, 4) is 5.75 Å². The van der Waals surface area contributed by atoms with Crippen LogP contribution in [0.1, 0.15) is 23.9 Å². The molecule has 3 rings (SSSR count). The van der Waals surface area contributed by atoms with Crippen LogP contribution >= 0.6 is 0 Å². The average Bonchev–Trinajstić information content (AvgIpc) is 3.18. The van der Waals surface area contributed by atoms with Crippen LogP contribution in [0.15, 0.2) is 47.1 Å². The van der Waals surface area contributed by atoms with E-state index < -0.39 is 0 Å². The molecule has 1 aliphatic heterocycles. The molecule has 0 radical (unpaired) electrons. The lowest BCUT2D eigenvalue weighted by Gasteiger charge is -2.17. The predicted molar refractivity (Wildman–Crippen MR) is 84.5 cm³/mol. The van der Waals surface area contributed by atoms with Crippen LogP contribution in [0.3, 0.4) is 0 Å². The molecule has 2 amide bonds. The predicted octanol–water partition coefficient (Wildman–Crippen LogP) is 2.21. The number of furan rings is 1. The Balaban J connectivity index is 1.64. The first-order valence-corrected chi connectivity index (χ1v) is 7.55. The Morgan fingerprint density at radius 1 is 1.35 bits per heavy atom. The van der Waals surface area contributed by atoms with Crippen LogP contribution in [0.4, 0.5) is 5.69 Å². The molecule has 2 aromatic rings. The normalized spacial score (nSPS) is 17.3. The lowest BCUT2D eigenvalue weighted by atomic mass is 10.2. The van der Waals surface area contributed by atoms with Gasteiger partial charge in [-0.05, 0) is 43.3 Å². The maximum Gasteiger partial charge on any atom is 0.287 e. The Morgan fingerprint density at radius 3 is 2.78 bits per heavy atom. The van der Waals surface area contributed by atoms with Crippen molar-refractivity contribution in [2.24, 2.45) is 0 Å². The lowest BCUT2D eigenvalue weighted by Crippen LogP contribution is -2.37. The van der Waals surface area contributed by atoms with Crippen LogP contribution in [-0.4, -0.2) is 31.0 Å². The van der Waals surface area contributed by atoms with E-state index in [1.807, 2.05) is 31.2 Å². The number of rotatable bonds is 5. The molecule has 0 unspecified atom stereocenters. The summed E-state index contributed by atoms with van der Waals surface area (Å²) >= 11 is 0. The van der Waals surface area contributed by atoms with Gasteiger partial charge in [0.05, 0.1) is 18.9 Å². The third-order valence-electron chi connectivity index (χ3n) is 3.66. The standard InChI is InChI=1S/C17H18N2O4/c1-2-22-14-7-5-13(6-8-14)19-11-12(10-16(19)20)18-17(21)15-4-3-9-23-15/h3-9,12H,2,10-11H2,1H3,(H,18,21)/t12-/m1/s1. The first-order valence-electron chi connectivity index (χ1n) is 7.55. The minimum atomic E-state index is -0.304. The summed E-state index contributed by atoms with van der Waals surface area (Å²) < 4.78 is 10.5. The summed E-state index contributed by atoms with van der Waals surface area (Å²) in [6.45, 7) is 2.96. The van der Waals surface area contributed by atoms with E-state index in [0.29, 0.717) is 13.2 Å². The van der Waals surface area contributed by atoms with Crippen molar-refractivity contribution >= 4 is 17.5 Å². The van der Waals surface area contributed by atoms with E-state index in [2.05, 4.69) is 5.32 Å². The van der Waals surface area contributed by atoms with Crippen LogP contribution in [0.2, 0.25) is 0 Å². The van der Waals surface area contributed by atoms with E-state index in [1.54, 1.807) is 17.0 Å². The van der Waals surface area contributed by atoms with Gasteiger partial charge in [0.15, 0.2) is 5.76 Å². The second kappa shape index (κ2) is 6.56. The molecule has 0 bridgehead atoms. The molecule has 23 heavy (non-hydrogen) atoms. The summed E-state index contributed by atoms with van der Waals surface area (Å²) in [6, 6.07) is 10.4. The molecule has 1 saturated heterocycles. The highest BCUT2D eigenvalue weighted by molar-refractivity contribution is 5.98. The van der Waals surface area contributed by atoms with Gasteiger partial charge in [0, 0.05) is 18.7 Å². The molecule has 120 valence electrons. The van der Waals surface area contributed by atoms with E-state index in [1.165, 1.54) is 6.26 Å². The van der Waals surface area contributed by atoms with Gasteiger partial charge in [-0.15, -0.1) is 0 Å². The van der Waals surface area contributed by atoms with Gasteiger partial charge in [-0.3, -0.25) is 9.59 Å². The van der Waals surface area contributed by atoms with Crippen LogP contribution in [0.25, 0.3) is 0 Å². The fourth-order valence-corrected chi connectivity index (χ4v) is 2.61. The zero-order valence-corrected chi connectivity index (χ0v) is 12.8. The van der Waals surface area contributed by atoms with Gasteiger partial charge >= 0.3 is 0 Å². The number of carbonyl (C=O) groups excluding carboxylic acids is 2.